The van der Waals surface area contributed by atoms with Crippen molar-refractivity contribution in [2.45, 2.75) is 11.6 Å². The van der Waals surface area contributed by atoms with E-state index in [-0.39, 0.29) is 24.6 Å². The first kappa shape index (κ1) is 20.5. The van der Waals surface area contributed by atoms with Gasteiger partial charge in [-0.15, -0.1) is 10.2 Å². The second-order valence-electron chi connectivity index (χ2n) is 6.23. The lowest BCUT2D eigenvalue weighted by atomic mass is 10.2. The second kappa shape index (κ2) is 9.33. The van der Waals surface area contributed by atoms with Crippen LogP contribution < -0.4 is 10.6 Å². The second-order valence-corrected chi connectivity index (χ2v) is 7.17. The Morgan fingerprint density at radius 3 is 2.48 bits per heavy atom. The highest BCUT2D eigenvalue weighted by atomic mass is 32.2. The number of thioether (sulfide) groups is 1. The summed E-state index contributed by atoms with van der Waals surface area (Å²) in [6.45, 7) is 0.192. The molecule has 0 spiro atoms. The van der Waals surface area contributed by atoms with E-state index in [0.29, 0.717) is 22.2 Å². The molecule has 0 fully saturated rings. The number of nitrogens with zero attached hydrogens (tertiary/aromatic N) is 4. The molecule has 0 aliphatic heterocycles. The van der Waals surface area contributed by atoms with Crippen LogP contribution in [0, 0.1) is 5.82 Å². The molecule has 3 rings (SSSR count). The molecule has 7 nitrogen and oxygen atoms in total. The molecule has 0 bridgehead atoms. The van der Waals surface area contributed by atoms with Crippen LogP contribution in [-0.4, -0.2) is 38.9 Å². The Bertz CT molecular complexity index is 1010. The van der Waals surface area contributed by atoms with Crippen molar-refractivity contribution in [3.63, 3.8) is 0 Å². The fourth-order valence-electron chi connectivity index (χ4n) is 2.75. The minimum absolute atomic E-state index is 0.0622. The molecule has 0 radical (unpaired) electrons. The largest absolute Gasteiger partial charge is 0.370 e. The molecule has 3 aromatic rings. The molecule has 150 valence electrons. The van der Waals surface area contributed by atoms with Crippen molar-refractivity contribution in [3.05, 3.63) is 60.4 Å². The lowest BCUT2D eigenvalue weighted by molar-refractivity contribution is -0.118. The maximum Gasteiger partial charge on any atom is 0.237 e. The van der Waals surface area contributed by atoms with Gasteiger partial charge in [0.1, 0.15) is 5.82 Å². The van der Waals surface area contributed by atoms with Crippen LogP contribution in [0.5, 0.6) is 0 Å². The van der Waals surface area contributed by atoms with Gasteiger partial charge >= 0.3 is 0 Å². The first-order valence-corrected chi connectivity index (χ1v) is 9.86. The number of primary amides is 1. The quantitative estimate of drug-likeness (QED) is 0.573. The Kier molecular flexibility index (Phi) is 6.61. The van der Waals surface area contributed by atoms with Crippen molar-refractivity contribution < 1.29 is 14.0 Å². The zero-order valence-electron chi connectivity index (χ0n) is 15.8. The van der Waals surface area contributed by atoms with Gasteiger partial charge in [-0.25, -0.2) is 4.39 Å². The van der Waals surface area contributed by atoms with Crippen molar-refractivity contribution in [2.75, 3.05) is 17.2 Å². The molecule has 29 heavy (non-hydrogen) atoms. The molecule has 2 N–H and O–H groups in total. The Balaban J connectivity index is 1.73. The summed E-state index contributed by atoms with van der Waals surface area (Å²) >= 11 is 1.19. The third-order valence-electron chi connectivity index (χ3n) is 4.23. The number of hydrogen-bond acceptors (Lipinski definition) is 5. The van der Waals surface area contributed by atoms with Crippen LogP contribution in [0.2, 0.25) is 0 Å². The number of rotatable bonds is 8. The van der Waals surface area contributed by atoms with Gasteiger partial charge in [-0.1, -0.05) is 42.1 Å². The molecule has 0 unspecified atom stereocenters. The van der Waals surface area contributed by atoms with E-state index in [1.54, 1.807) is 41.9 Å². The van der Waals surface area contributed by atoms with Gasteiger partial charge in [0.25, 0.3) is 0 Å². The summed E-state index contributed by atoms with van der Waals surface area (Å²) in [5.74, 6) is -0.604. The number of hydrogen-bond donors (Lipinski definition) is 1. The minimum atomic E-state index is -0.478. The van der Waals surface area contributed by atoms with Crippen LogP contribution in [0.15, 0.2) is 59.8 Å². The topological polar surface area (TPSA) is 94.1 Å². The molecule has 0 aliphatic rings. The molecule has 0 aliphatic carbocycles. The summed E-state index contributed by atoms with van der Waals surface area (Å²) in [6, 6.07) is 15.4. The van der Waals surface area contributed by atoms with Gasteiger partial charge in [-0.3, -0.25) is 9.59 Å². The predicted molar refractivity (Wildman–Crippen MR) is 110 cm³/mol. The summed E-state index contributed by atoms with van der Waals surface area (Å²) in [5.41, 5.74) is 6.27. The number of anilines is 1. The average molecular weight is 413 g/mol. The Morgan fingerprint density at radius 1 is 1.10 bits per heavy atom. The highest BCUT2D eigenvalue weighted by molar-refractivity contribution is 7.99. The number of aromatic nitrogens is 3. The molecule has 0 saturated carbocycles. The van der Waals surface area contributed by atoms with Gasteiger partial charge in [0.15, 0.2) is 11.0 Å². The first-order valence-electron chi connectivity index (χ1n) is 8.88. The Labute approximate surface area is 171 Å². The number of nitrogens with two attached hydrogens (primary N) is 1. The third kappa shape index (κ3) is 5.00. The monoisotopic (exact) mass is 413 g/mol. The first-order chi connectivity index (χ1) is 14.0. The summed E-state index contributed by atoms with van der Waals surface area (Å²) < 4.78 is 15.7. The minimum Gasteiger partial charge on any atom is -0.370 e. The van der Waals surface area contributed by atoms with E-state index < -0.39 is 11.7 Å². The van der Waals surface area contributed by atoms with Gasteiger partial charge in [0, 0.05) is 25.7 Å². The fraction of sp³-hybridized carbons (Fsp3) is 0.200. The third-order valence-corrected chi connectivity index (χ3v) is 5.23. The van der Waals surface area contributed by atoms with Crippen molar-refractivity contribution in [2.24, 2.45) is 12.8 Å². The molecule has 9 heteroatoms. The lowest BCUT2D eigenvalue weighted by Crippen LogP contribution is -2.35. The maximum atomic E-state index is 14.0. The highest BCUT2D eigenvalue weighted by Gasteiger charge is 2.19. The maximum absolute atomic E-state index is 14.0. The van der Waals surface area contributed by atoms with E-state index in [0.717, 1.165) is 0 Å². The van der Waals surface area contributed by atoms with E-state index in [2.05, 4.69) is 10.2 Å². The summed E-state index contributed by atoms with van der Waals surface area (Å²) in [7, 11) is 1.72. The smallest absolute Gasteiger partial charge is 0.237 e. The molecule has 0 saturated heterocycles. The van der Waals surface area contributed by atoms with Crippen molar-refractivity contribution in [3.8, 4) is 11.4 Å². The van der Waals surface area contributed by atoms with Gasteiger partial charge in [0.2, 0.25) is 11.8 Å². The summed E-state index contributed by atoms with van der Waals surface area (Å²) in [4.78, 5) is 25.5. The average Bonchev–Trinajstić information content (AvgIpc) is 3.08. The SMILES string of the molecule is Cn1c(SCC(=O)N(CCC(N)=O)c2ccccc2)nnc1-c1ccccc1F. The van der Waals surface area contributed by atoms with E-state index >= 15 is 0 Å². The van der Waals surface area contributed by atoms with E-state index in [1.807, 2.05) is 18.2 Å². The van der Waals surface area contributed by atoms with Crippen molar-refractivity contribution >= 4 is 29.3 Å². The van der Waals surface area contributed by atoms with Crippen molar-refractivity contribution in [1.29, 1.82) is 0 Å². The van der Waals surface area contributed by atoms with Crippen LogP contribution in [0.25, 0.3) is 11.4 Å². The number of carbonyl (C=O) groups excluding carboxylic acids is 2. The fourth-order valence-corrected chi connectivity index (χ4v) is 3.54. The molecule has 2 amide bonds. The molecular formula is C20H20FN5O2S. The molecule has 1 heterocycles. The molecular weight excluding hydrogens is 393 g/mol. The number of amides is 2. The molecule has 1 aromatic heterocycles. The zero-order chi connectivity index (χ0) is 20.8. The summed E-state index contributed by atoms with van der Waals surface area (Å²) in [5, 5.41) is 8.61. The van der Waals surface area contributed by atoms with Crippen LogP contribution >= 0.6 is 11.8 Å². The van der Waals surface area contributed by atoms with Crippen LogP contribution in [-0.2, 0) is 16.6 Å². The van der Waals surface area contributed by atoms with Gasteiger partial charge in [0.05, 0.1) is 11.3 Å². The Hall–Kier alpha value is -3.20. The normalized spacial score (nSPS) is 10.7. The molecule has 0 atom stereocenters. The zero-order valence-corrected chi connectivity index (χ0v) is 16.6. The van der Waals surface area contributed by atoms with Crippen LogP contribution in [0.4, 0.5) is 10.1 Å². The van der Waals surface area contributed by atoms with Crippen molar-refractivity contribution in [1.82, 2.24) is 14.8 Å². The summed E-state index contributed by atoms with van der Waals surface area (Å²) in [6.07, 6.45) is 0.0622. The number of benzene rings is 2. The van der Waals surface area contributed by atoms with E-state index in [4.69, 9.17) is 5.73 Å². The lowest BCUT2D eigenvalue weighted by Gasteiger charge is -2.22. The van der Waals surface area contributed by atoms with Crippen LogP contribution in [0.3, 0.4) is 0 Å². The van der Waals surface area contributed by atoms with Gasteiger partial charge in [-0.05, 0) is 24.3 Å². The van der Waals surface area contributed by atoms with Crippen LogP contribution in [0.1, 0.15) is 6.42 Å². The predicted octanol–water partition coefficient (Wildman–Crippen LogP) is 2.62. The Morgan fingerprint density at radius 2 is 1.79 bits per heavy atom. The van der Waals surface area contributed by atoms with E-state index in [9.17, 15) is 14.0 Å². The molecule has 2 aromatic carbocycles. The highest BCUT2D eigenvalue weighted by Crippen LogP contribution is 2.25. The van der Waals surface area contributed by atoms with E-state index in [1.165, 1.54) is 22.7 Å². The van der Waals surface area contributed by atoms with Gasteiger partial charge < -0.3 is 15.2 Å². The standard InChI is InChI=1S/C20H20FN5O2S/c1-25-19(15-9-5-6-10-16(15)21)23-24-20(25)29-13-18(28)26(12-11-17(22)27)14-7-3-2-4-8-14/h2-10H,11-13H2,1H3,(H2,22,27). The number of para-hydroxylation sites is 1. The number of carbonyl (C=O) groups is 2. The number of halogens is 1. The van der Waals surface area contributed by atoms with Gasteiger partial charge in [-0.2, -0.15) is 0 Å².